The summed E-state index contributed by atoms with van der Waals surface area (Å²) in [6, 6.07) is 1.55. The van der Waals surface area contributed by atoms with Crippen LogP contribution in [0, 0.1) is 0 Å². The first-order valence-corrected chi connectivity index (χ1v) is 2.19. The molecule has 0 N–H and O–H groups in total. The second-order valence-corrected chi connectivity index (χ2v) is 1.18. The number of hydrogen-bond acceptors (Lipinski definition) is 4. The molecule has 1 aromatic heterocycles. The molecule has 1 heterocycles. The second-order valence-electron chi connectivity index (χ2n) is 1.03. The lowest BCUT2D eigenvalue weighted by Gasteiger charge is -1.68. The largest absolute Gasteiger partial charge is 0.362 e. The Kier molecular flexibility index (Phi) is 1.58. The lowest BCUT2D eigenvalue weighted by Crippen LogP contribution is -1.52. The van der Waals surface area contributed by atoms with Gasteiger partial charge in [0.15, 0.2) is 0 Å². The summed E-state index contributed by atoms with van der Waals surface area (Å²) in [5, 5.41) is 6.74. The predicted octanol–water partition coefficient (Wildman–Crippen LogP) is 1.91. The van der Waals surface area contributed by atoms with E-state index in [1.165, 1.54) is 6.26 Å². The van der Waals surface area contributed by atoms with E-state index in [1.807, 2.05) is 0 Å². The van der Waals surface area contributed by atoms with Crippen molar-refractivity contribution in [3.63, 3.8) is 0 Å². The zero-order valence-electron chi connectivity index (χ0n) is 3.78. The molecule has 0 fully saturated rings. The molecule has 1 aromatic rings. The number of hydrogen-bond donors (Lipinski definition) is 0. The maximum Gasteiger partial charge on any atom is 0.217 e. The standard InChI is InChI=1S/C3H2ClN3O/c4-7-5-3-1-2-8-6-3/h1-2H. The molecule has 0 aliphatic rings. The first-order chi connectivity index (χ1) is 3.93. The number of nitrogens with zero attached hydrogens (tertiary/aromatic N) is 3. The summed E-state index contributed by atoms with van der Waals surface area (Å²) >= 11 is 4.87. The fraction of sp³-hybridized carbons (Fsp3) is 0. The lowest BCUT2D eigenvalue weighted by atomic mass is 10.7. The van der Waals surface area contributed by atoms with Gasteiger partial charge in [0.2, 0.25) is 5.82 Å². The van der Waals surface area contributed by atoms with Crippen molar-refractivity contribution in [1.29, 1.82) is 0 Å². The maximum atomic E-state index is 4.87. The highest BCUT2D eigenvalue weighted by molar-refractivity contribution is 6.14. The van der Waals surface area contributed by atoms with Gasteiger partial charge >= 0.3 is 0 Å². The molecule has 0 radical (unpaired) electrons. The van der Waals surface area contributed by atoms with Crippen molar-refractivity contribution in [1.82, 2.24) is 5.16 Å². The highest BCUT2D eigenvalue weighted by atomic mass is 35.5. The molecule has 0 spiro atoms. The number of rotatable bonds is 1. The van der Waals surface area contributed by atoms with Crippen molar-refractivity contribution in [2.75, 3.05) is 0 Å². The van der Waals surface area contributed by atoms with Gasteiger partial charge in [0.25, 0.3) is 0 Å². The summed E-state index contributed by atoms with van der Waals surface area (Å²) in [5.41, 5.74) is 0. The molecule has 42 valence electrons. The molecule has 0 unspecified atom stereocenters. The van der Waals surface area contributed by atoms with E-state index >= 15 is 0 Å². The summed E-state index contributed by atoms with van der Waals surface area (Å²) in [6.45, 7) is 0. The van der Waals surface area contributed by atoms with Gasteiger partial charge in [-0.1, -0.05) is 9.79 Å². The predicted molar refractivity (Wildman–Crippen MR) is 26.9 cm³/mol. The molecule has 1 rings (SSSR count). The van der Waals surface area contributed by atoms with Gasteiger partial charge in [0.05, 0.1) is 11.8 Å². The van der Waals surface area contributed by atoms with E-state index in [0.29, 0.717) is 5.82 Å². The number of halogens is 1. The van der Waals surface area contributed by atoms with Crippen LogP contribution in [-0.4, -0.2) is 5.16 Å². The molecule has 0 saturated carbocycles. The van der Waals surface area contributed by atoms with E-state index in [-0.39, 0.29) is 0 Å². The van der Waals surface area contributed by atoms with Crippen LogP contribution in [0.2, 0.25) is 0 Å². The summed E-state index contributed by atoms with van der Waals surface area (Å²) in [4.78, 5) is 0. The van der Waals surface area contributed by atoms with Crippen molar-refractivity contribution in [3.8, 4) is 0 Å². The van der Waals surface area contributed by atoms with Crippen LogP contribution in [-0.2, 0) is 0 Å². The molecular weight excluding hydrogens is 130 g/mol. The molecule has 0 bridgehead atoms. The van der Waals surface area contributed by atoms with E-state index in [0.717, 1.165) is 0 Å². The van der Waals surface area contributed by atoms with Gasteiger partial charge in [-0.25, -0.2) is 0 Å². The molecule has 0 aliphatic carbocycles. The van der Waals surface area contributed by atoms with Crippen molar-refractivity contribution in [2.24, 2.45) is 9.75 Å². The molecule has 0 saturated heterocycles. The molecule has 5 heteroatoms. The topological polar surface area (TPSA) is 50.8 Å². The lowest BCUT2D eigenvalue weighted by molar-refractivity contribution is 0.421. The normalized spacial score (nSPS) is 10.6. The van der Waals surface area contributed by atoms with Crippen molar-refractivity contribution < 1.29 is 4.52 Å². The minimum Gasteiger partial charge on any atom is -0.362 e. The fourth-order valence-corrected chi connectivity index (χ4v) is 0.374. The highest BCUT2D eigenvalue weighted by Gasteiger charge is 1.87. The van der Waals surface area contributed by atoms with Gasteiger partial charge in [0, 0.05) is 6.07 Å². The first-order valence-electron chi connectivity index (χ1n) is 1.86. The quantitative estimate of drug-likeness (QED) is 0.547. The van der Waals surface area contributed by atoms with E-state index < -0.39 is 0 Å². The minimum absolute atomic E-state index is 0.375. The third kappa shape index (κ3) is 1.04. The van der Waals surface area contributed by atoms with Crippen LogP contribution in [0.15, 0.2) is 26.6 Å². The summed E-state index contributed by atoms with van der Waals surface area (Å²) in [7, 11) is 0. The fourth-order valence-electron chi connectivity index (χ4n) is 0.296. The average molecular weight is 132 g/mol. The van der Waals surface area contributed by atoms with Crippen molar-refractivity contribution >= 4 is 17.6 Å². The van der Waals surface area contributed by atoms with Crippen molar-refractivity contribution in [3.05, 3.63) is 12.3 Å². The van der Waals surface area contributed by atoms with Gasteiger partial charge < -0.3 is 4.52 Å². The van der Waals surface area contributed by atoms with E-state index in [2.05, 4.69) is 19.4 Å². The van der Waals surface area contributed by atoms with E-state index in [9.17, 15) is 0 Å². The van der Waals surface area contributed by atoms with E-state index in [4.69, 9.17) is 11.8 Å². The van der Waals surface area contributed by atoms with Crippen LogP contribution < -0.4 is 0 Å². The average Bonchev–Trinajstić information content (AvgIpc) is 2.19. The maximum absolute atomic E-state index is 4.87. The summed E-state index contributed by atoms with van der Waals surface area (Å²) in [6.07, 6.45) is 1.39. The van der Waals surface area contributed by atoms with Gasteiger partial charge in [-0.05, 0) is 0 Å². The van der Waals surface area contributed by atoms with Crippen molar-refractivity contribution in [2.45, 2.75) is 0 Å². The third-order valence-electron chi connectivity index (χ3n) is 0.564. The summed E-state index contributed by atoms with van der Waals surface area (Å²) < 4.78 is 7.36. The first kappa shape index (κ1) is 5.24. The van der Waals surface area contributed by atoms with Crippen LogP contribution in [0.5, 0.6) is 0 Å². The van der Waals surface area contributed by atoms with Crippen LogP contribution in [0.3, 0.4) is 0 Å². The second kappa shape index (κ2) is 2.42. The molecular formula is C3H2ClN3O. The van der Waals surface area contributed by atoms with Crippen LogP contribution in [0.4, 0.5) is 5.82 Å². The number of aromatic nitrogens is 1. The Balaban J connectivity index is 2.77. The highest BCUT2D eigenvalue weighted by Crippen LogP contribution is 2.06. The Morgan fingerprint density at radius 2 is 2.62 bits per heavy atom. The Labute approximate surface area is 50.3 Å². The van der Waals surface area contributed by atoms with Crippen LogP contribution in [0.1, 0.15) is 0 Å². The monoisotopic (exact) mass is 131 g/mol. The minimum atomic E-state index is 0.375. The Morgan fingerprint density at radius 3 is 3.12 bits per heavy atom. The zero-order valence-corrected chi connectivity index (χ0v) is 4.54. The summed E-state index contributed by atoms with van der Waals surface area (Å²) in [5.74, 6) is 0.375. The molecule has 0 aliphatic heterocycles. The molecule has 0 amide bonds. The van der Waals surface area contributed by atoms with Gasteiger partial charge in [-0.2, -0.15) is 0 Å². The van der Waals surface area contributed by atoms with Gasteiger partial charge in [-0.3, -0.25) is 0 Å². The zero-order chi connectivity index (χ0) is 5.82. The third-order valence-corrected chi connectivity index (χ3v) is 0.640. The molecule has 4 nitrogen and oxygen atoms in total. The SMILES string of the molecule is ClN=Nc1ccon1. The van der Waals surface area contributed by atoms with Gasteiger partial charge in [-0.15, -0.1) is 5.11 Å². The van der Waals surface area contributed by atoms with Gasteiger partial charge in [0.1, 0.15) is 6.26 Å². The smallest absolute Gasteiger partial charge is 0.217 e. The Hall–Kier alpha value is -0.900. The molecule has 8 heavy (non-hydrogen) atoms. The van der Waals surface area contributed by atoms with Crippen LogP contribution >= 0.6 is 11.8 Å². The molecule has 0 atom stereocenters. The Bertz CT molecular complexity index is 171. The van der Waals surface area contributed by atoms with Crippen LogP contribution in [0.25, 0.3) is 0 Å². The van der Waals surface area contributed by atoms with E-state index in [1.54, 1.807) is 6.07 Å². The Morgan fingerprint density at radius 1 is 1.75 bits per heavy atom. The molecule has 0 aromatic carbocycles.